The molecule has 0 saturated heterocycles. The van der Waals surface area contributed by atoms with Gasteiger partial charge in [0, 0.05) is 15.4 Å². The number of esters is 1. The number of hydrogen-bond donors (Lipinski definition) is 0. The molecule has 0 saturated carbocycles. The summed E-state index contributed by atoms with van der Waals surface area (Å²) in [4.78, 5) is 54.6. The Balaban J connectivity index is 1.31. The van der Waals surface area contributed by atoms with Gasteiger partial charge in [0.1, 0.15) is 0 Å². The number of carbonyl (C=O) groups excluding carboxylic acids is 4. The molecule has 0 N–H and O–H groups in total. The van der Waals surface area contributed by atoms with E-state index in [1.54, 1.807) is 54.2 Å². The number of fused-ring (bicyclic) bond motifs is 1. The molecule has 1 heterocycles. The summed E-state index contributed by atoms with van der Waals surface area (Å²) >= 11 is 1.57. The molecular weight excluding hydrogens is 486 g/mol. The van der Waals surface area contributed by atoms with Crippen LogP contribution in [0.2, 0.25) is 0 Å². The van der Waals surface area contributed by atoms with E-state index in [2.05, 4.69) is 0 Å². The van der Waals surface area contributed by atoms with E-state index >= 15 is 0 Å². The van der Waals surface area contributed by atoms with Crippen LogP contribution in [0.15, 0.2) is 113 Å². The molecule has 182 valence electrons. The lowest BCUT2D eigenvalue weighted by molar-refractivity contribution is 0.0318. The van der Waals surface area contributed by atoms with Crippen molar-refractivity contribution in [2.75, 3.05) is 4.90 Å². The normalized spacial score (nSPS) is 13.3. The van der Waals surface area contributed by atoms with Crippen molar-refractivity contribution < 1.29 is 23.9 Å². The summed E-state index contributed by atoms with van der Waals surface area (Å²) in [6.07, 6.45) is -1.01. The lowest BCUT2D eigenvalue weighted by Gasteiger charge is -2.14. The quantitative estimate of drug-likeness (QED) is 0.172. The van der Waals surface area contributed by atoms with Gasteiger partial charge in [0.2, 0.25) is 5.78 Å². The second-order valence-corrected chi connectivity index (χ2v) is 9.54. The van der Waals surface area contributed by atoms with Crippen LogP contribution in [0.1, 0.15) is 48.4 Å². The number of amides is 2. The minimum atomic E-state index is -1.01. The summed E-state index contributed by atoms with van der Waals surface area (Å²) in [6, 6.07) is 29.8. The molecule has 4 aromatic carbocycles. The van der Waals surface area contributed by atoms with E-state index in [9.17, 15) is 19.2 Å². The third-order valence-electron chi connectivity index (χ3n) is 5.91. The highest BCUT2D eigenvalue weighted by molar-refractivity contribution is 7.99. The molecule has 1 aliphatic rings. The summed E-state index contributed by atoms with van der Waals surface area (Å²) in [7, 11) is 0. The summed E-state index contributed by atoms with van der Waals surface area (Å²) < 4.78 is 5.35. The molecule has 0 aromatic heterocycles. The molecule has 0 radical (unpaired) electrons. The van der Waals surface area contributed by atoms with Crippen molar-refractivity contribution in [1.82, 2.24) is 0 Å². The van der Waals surface area contributed by atoms with Crippen LogP contribution in [-0.2, 0) is 4.74 Å². The highest BCUT2D eigenvalue weighted by Crippen LogP contribution is 2.33. The van der Waals surface area contributed by atoms with Crippen LogP contribution in [-0.4, -0.2) is 29.7 Å². The maximum Gasteiger partial charge on any atom is 0.338 e. The average Bonchev–Trinajstić information content (AvgIpc) is 3.18. The van der Waals surface area contributed by atoms with Gasteiger partial charge in [-0.25, -0.2) is 9.69 Å². The average molecular weight is 508 g/mol. The fraction of sp³-hybridized carbons (Fsp3) is 0.0667. The standard InChI is InChI=1S/C30H21NO5S/c1-19(27(32)20-8-4-2-5-9-20)36-30(35)21-12-17-25-26(18-21)29(34)31(28(25)33)22-13-15-24(16-14-22)37-23-10-6-3-7-11-23/h2-19H,1H3. The van der Waals surface area contributed by atoms with E-state index in [1.165, 1.54) is 25.1 Å². The van der Waals surface area contributed by atoms with Gasteiger partial charge in [-0.05, 0) is 61.5 Å². The molecule has 0 fully saturated rings. The van der Waals surface area contributed by atoms with Crippen LogP contribution in [0.4, 0.5) is 5.69 Å². The Labute approximate surface area is 217 Å². The van der Waals surface area contributed by atoms with E-state index in [0.29, 0.717) is 11.3 Å². The van der Waals surface area contributed by atoms with E-state index < -0.39 is 23.9 Å². The largest absolute Gasteiger partial charge is 0.451 e. The third-order valence-corrected chi connectivity index (χ3v) is 6.92. The third kappa shape index (κ3) is 4.94. The number of carbonyl (C=O) groups is 4. The second-order valence-electron chi connectivity index (χ2n) is 8.39. The first-order chi connectivity index (χ1) is 17.9. The molecule has 5 rings (SSSR count). The zero-order chi connectivity index (χ0) is 25.9. The Bertz CT molecular complexity index is 1500. The molecule has 7 heteroatoms. The van der Waals surface area contributed by atoms with E-state index in [0.717, 1.165) is 14.7 Å². The number of anilines is 1. The van der Waals surface area contributed by atoms with Crippen LogP contribution in [0.3, 0.4) is 0 Å². The number of hydrogen-bond acceptors (Lipinski definition) is 6. The van der Waals surface area contributed by atoms with Gasteiger partial charge in [-0.2, -0.15) is 0 Å². The lowest BCUT2D eigenvalue weighted by Crippen LogP contribution is -2.29. The highest BCUT2D eigenvalue weighted by Gasteiger charge is 2.37. The van der Waals surface area contributed by atoms with Crippen molar-refractivity contribution in [1.29, 1.82) is 0 Å². The summed E-state index contributed by atoms with van der Waals surface area (Å²) in [5.74, 6) is -2.07. The van der Waals surface area contributed by atoms with Crippen LogP contribution in [0, 0.1) is 0 Å². The van der Waals surface area contributed by atoms with Gasteiger partial charge in [0.25, 0.3) is 11.8 Å². The van der Waals surface area contributed by atoms with Crippen LogP contribution in [0.25, 0.3) is 0 Å². The molecule has 1 aliphatic heterocycles. The first-order valence-electron chi connectivity index (χ1n) is 11.6. The minimum absolute atomic E-state index is 0.0871. The Morgan fingerprint density at radius 2 is 1.30 bits per heavy atom. The number of imide groups is 1. The smallest absolute Gasteiger partial charge is 0.338 e. The van der Waals surface area contributed by atoms with Gasteiger partial charge in [0.05, 0.1) is 22.4 Å². The topological polar surface area (TPSA) is 80.8 Å². The molecule has 4 aromatic rings. The van der Waals surface area contributed by atoms with Gasteiger partial charge < -0.3 is 4.74 Å². The number of benzene rings is 4. The van der Waals surface area contributed by atoms with Gasteiger partial charge >= 0.3 is 5.97 Å². The Hall–Kier alpha value is -4.49. The molecule has 6 nitrogen and oxygen atoms in total. The molecular formula is C30H21NO5S. The molecule has 0 spiro atoms. The van der Waals surface area contributed by atoms with Crippen LogP contribution in [0.5, 0.6) is 0 Å². The maximum atomic E-state index is 13.2. The number of ether oxygens (including phenoxy) is 1. The Morgan fingerprint density at radius 1 is 0.703 bits per heavy atom. The molecule has 1 atom stereocenters. The Kier molecular flexibility index (Phi) is 6.70. The first-order valence-corrected chi connectivity index (χ1v) is 12.4. The SMILES string of the molecule is CC(OC(=O)c1ccc2c(c1)C(=O)N(c1ccc(Sc3ccccc3)cc1)C2=O)C(=O)c1ccccc1. The lowest BCUT2D eigenvalue weighted by atomic mass is 10.1. The molecule has 2 amide bonds. The molecule has 0 aliphatic carbocycles. The second kappa shape index (κ2) is 10.2. The van der Waals surface area contributed by atoms with E-state index in [1.807, 2.05) is 42.5 Å². The zero-order valence-electron chi connectivity index (χ0n) is 19.8. The predicted octanol–water partition coefficient (Wildman–Crippen LogP) is 6.07. The molecule has 0 bridgehead atoms. The van der Waals surface area contributed by atoms with Crippen molar-refractivity contribution in [3.05, 3.63) is 125 Å². The summed E-state index contributed by atoms with van der Waals surface area (Å²) in [6.45, 7) is 1.50. The Morgan fingerprint density at radius 3 is 1.97 bits per heavy atom. The van der Waals surface area contributed by atoms with Gasteiger partial charge in [-0.1, -0.05) is 60.3 Å². The zero-order valence-corrected chi connectivity index (χ0v) is 20.6. The summed E-state index contributed by atoms with van der Waals surface area (Å²) in [5.41, 5.74) is 1.28. The van der Waals surface area contributed by atoms with E-state index in [-0.39, 0.29) is 22.5 Å². The number of Topliss-reactive ketones (excluding diaryl/α,β-unsaturated/α-hetero) is 1. The maximum absolute atomic E-state index is 13.2. The van der Waals surface area contributed by atoms with Crippen molar-refractivity contribution in [2.24, 2.45) is 0 Å². The molecule has 37 heavy (non-hydrogen) atoms. The fourth-order valence-electron chi connectivity index (χ4n) is 4.01. The van der Waals surface area contributed by atoms with Gasteiger partial charge in [0.15, 0.2) is 6.10 Å². The van der Waals surface area contributed by atoms with Gasteiger partial charge in [-0.15, -0.1) is 0 Å². The number of nitrogens with zero attached hydrogens (tertiary/aromatic N) is 1. The van der Waals surface area contributed by atoms with Crippen molar-refractivity contribution in [3.8, 4) is 0 Å². The van der Waals surface area contributed by atoms with Crippen molar-refractivity contribution in [2.45, 2.75) is 22.8 Å². The highest BCUT2D eigenvalue weighted by atomic mass is 32.2. The summed E-state index contributed by atoms with van der Waals surface area (Å²) in [5, 5.41) is 0. The predicted molar refractivity (Wildman–Crippen MR) is 140 cm³/mol. The molecule has 1 unspecified atom stereocenters. The first kappa shape index (κ1) is 24.2. The number of rotatable bonds is 7. The van der Waals surface area contributed by atoms with E-state index in [4.69, 9.17) is 4.74 Å². The van der Waals surface area contributed by atoms with Crippen molar-refractivity contribution in [3.63, 3.8) is 0 Å². The van der Waals surface area contributed by atoms with Gasteiger partial charge in [-0.3, -0.25) is 14.4 Å². The van der Waals surface area contributed by atoms with Crippen LogP contribution < -0.4 is 4.90 Å². The fourth-order valence-corrected chi connectivity index (χ4v) is 4.85. The monoisotopic (exact) mass is 507 g/mol. The van der Waals surface area contributed by atoms with Crippen LogP contribution >= 0.6 is 11.8 Å². The number of ketones is 1. The minimum Gasteiger partial charge on any atom is -0.451 e. The van der Waals surface area contributed by atoms with Crippen molar-refractivity contribution >= 4 is 41.0 Å².